The molecule has 0 unspecified atom stereocenters. The molecule has 6 nitrogen and oxygen atoms in total. The first-order chi connectivity index (χ1) is 17.9. The molecular formula is C29H43Cl2N3O3. The van der Waals surface area contributed by atoms with Gasteiger partial charge in [-0.15, -0.1) is 23.2 Å². The average molecular weight is 553 g/mol. The number of anilines is 1. The molecule has 3 heterocycles. The number of rotatable bonds is 11. The minimum atomic E-state index is -0.140. The number of halogens is 2. The number of nitrogens with zero attached hydrogens (tertiary/aromatic N) is 3. The molecule has 4 rings (SSSR count). The van der Waals surface area contributed by atoms with Gasteiger partial charge < -0.3 is 14.5 Å². The highest BCUT2D eigenvalue weighted by Gasteiger charge is 2.49. The Bertz CT molecular complexity index is 889. The van der Waals surface area contributed by atoms with Gasteiger partial charge in [-0.2, -0.15) is 0 Å². The van der Waals surface area contributed by atoms with Crippen molar-refractivity contribution in [1.82, 2.24) is 9.80 Å². The molecule has 3 aliphatic rings. The fourth-order valence-electron chi connectivity index (χ4n) is 6.93. The highest BCUT2D eigenvalue weighted by atomic mass is 35.5. The summed E-state index contributed by atoms with van der Waals surface area (Å²) >= 11 is 12.0. The van der Waals surface area contributed by atoms with E-state index in [2.05, 4.69) is 14.7 Å². The topological polar surface area (TPSA) is 53.1 Å². The number of hydrogen-bond acceptors (Lipinski definition) is 5. The number of likely N-dealkylation sites (tertiary alicyclic amines) is 1. The maximum Gasteiger partial charge on any atom is 0.306 e. The van der Waals surface area contributed by atoms with Gasteiger partial charge in [0.25, 0.3) is 5.91 Å². The van der Waals surface area contributed by atoms with Crippen LogP contribution in [0.3, 0.4) is 0 Å². The van der Waals surface area contributed by atoms with E-state index in [4.69, 9.17) is 27.9 Å². The molecular weight excluding hydrogens is 509 g/mol. The zero-order valence-electron chi connectivity index (χ0n) is 22.4. The molecule has 0 aromatic heterocycles. The molecule has 0 saturated carbocycles. The van der Waals surface area contributed by atoms with Gasteiger partial charge >= 0.3 is 5.97 Å². The minimum absolute atomic E-state index is 0.0945. The first-order valence-corrected chi connectivity index (χ1v) is 15.2. The molecule has 3 fully saturated rings. The Hall–Kier alpha value is -1.50. The Balaban J connectivity index is 1.52. The van der Waals surface area contributed by atoms with E-state index in [0.717, 1.165) is 50.1 Å². The first-order valence-electron chi connectivity index (χ1n) is 14.1. The van der Waals surface area contributed by atoms with Crippen LogP contribution >= 0.6 is 23.2 Å². The van der Waals surface area contributed by atoms with Gasteiger partial charge in [0.15, 0.2) is 0 Å². The van der Waals surface area contributed by atoms with E-state index in [9.17, 15) is 9.59 Å². The predicted octanol–water partition coefficient (Wildman–Crippen LogP) is 5.41. The van der Waals surface area contributed by atoms with E-state index in [1.54, 1.807) is 0 Å². The number of piperidine rings is 3. The van der Waals surface area contributed by atoms with Gasteiger partial charge in [-0.05, 0) is 102 Å². The van der Waals surface area contributed by atoms with Crippen molar-refractivity contribution in [1.29, 1.82) is 0 Å². The van der Waals surface area contributed by atoms with Crippen LogP contribution in [0.1, 0.15) is 69.2 Å². The summed E-state index contributed by atoms with van der Waals surface area (Å²) in [4.78, 5) is 33.2. The normalized spacial score (nSPS) is 25.6. The molecule has 0 spiro atoms. The SMILES string of the molecule is CC(C)OC(=O)CCC[C@H]1[C@H]2CCCN3CCC[C@H](CN1C(=O)c1ccc(N(CCCl)CCCl)cc1)[C@@H]23. The summed E-state index contributed by atoms with van der Waals surface area (Å²) in [5.74, 6) is 2.03. The summed E-state index contributed by atoms with van der Waals surface area (Å²) in [5.41, 5.74) is 1.76. The fourth-order valence-corrected chi connectivity index (χ4v) is 7.34. The third-order valence-electron chi connectivity index (χ3n) is 8.37. The maximum atomic E-state index is 14.0. The number of ether oxygens (including phenoxy) is 1. The fraction of sp³-hybridized carbons (Fsp3) is 0.724. The Morgan fingerprint density at radius 1 is 1.05 bits per heavy atom. The molecule has 1 amide bonds. The number of hydrogen-bond donors (Lipinski definition) is 0. The van der Waals surface area contributed by atoms with Gasteiger partial charge in [0.1, 0.15) is 0 Å². The number of carbonyl (C=O) groups excluding carboxylic acids is 2. The van der Waals surface area contributed by atoms with Crippen LogP contribution < -0.4 is 4.90 Å². The summed E-state index contributed by atoms with van der Waals surface area (Å²) in [5, 5.41) is 0. The largest absolute Gasteiger partial charge is 0.463 e. The van der Waals surface area contributed by atoms with Crippen LogP contribution in [0.25, 0.3) is 0 Å². The van der Waals surface area contributed by atoms with Gasteiger partial charge in [0.05, 0.1) is 6.10 Å². The Labute approximate surface area is 232 Å². The second-order valence-corrected chi connectivity index (χ2v) is 11.9. The molecule has 0 bridgehead atoms. The molecule has 0 radical (unpaired) electrons. The summed E-state index contributed by atoms with van der Waals surface area (Å²) in [6.45, 7) is 8.38. The molecule has 3 saturated heterocycles. The van der Waals surface area contributed by atoms with Crippen LogP contribution in [0, 0.1) is 11.8 Å². The van der Waals surface area contributed by atoms with Crippen LogP contribution in [-0.4, -0.2) is 84.3 Å². The second-order valence-electron chi connectivity index (χ2n) is 11.1. The van der Waals surface area contributed by atoms with E-state index in [0.29, 0.717) is 36.1 Å². The van der Waals surface area contributed by atoms with Crippen LogP contribution in [0.5, 0.6) is 0 Å². The number of carbonyl (C=O) groups is 2. The van der Waals surface area contributed by atoms with Crippen molar-refractivity contribution in [2.24, 2.45) is 11.8 Å². The molecule has 3 aliphatic heterocycles. The molecule has 4 atom stereocenters. The van der Waals surface area contributed by atoms with Crippen LogP contribution in [-0.2, 0) is 9.53 Å². The molecule has 37 heavy (non-hydrogen) atoms. The molecule has 1 aromatic carbocycles. The van der Waals surface area contributed by atoms with E-state index in [1.807, 2.05) is 38.1 Å². The van der Waals surface area contributed by atoms with Crippen molar-refractivity contribution in [3.8, 4) is 0 Å². The van der Waals surface area contributed by atoms with Crippen molar-refractivity contribution >= 4 is 40.8 Å². The zero-order chi connectivity index (χ0) is 26.4. The van der Waals surface area contributed by atoms with Gasteiger partial charge in [0.2, 0.25) is 0 Å². The molecule has 0 aliphatic carbocycles. The van der Waals surface area contributed by atoms with Crippen LogP contribution in [0.2, 0.25) is 0 Å². The number of benzene rings is 1. The lowest BCUT2D eigenvalue weighted by Crippen LogP contribution is -2.65. The Morgan fingerprint density at radius 3 is 2.38 bits per heavy atom. The van der Waals surface area contributed by atoms with Gasteiger partial charge in [-0.1, -0.05) is 0 Å². The summed E-state index contributed by atoms with van der Waals surface area (Å²) in [6, 6.07) is 8.65. The van der Waals surface area contributed by atoms with Crippen LogP contribution in [0.15, 0.2) is 24.3 Å². The summed E-state index contributed by atoms with van der Waals surface area (Å²) in [7, 11) is 0. The first kappa shape index (κ1) is 28.5. The number of amides is 1. The second kappa shape index (κ2) is 13.5. The third kappa shape index (κ3) is 6.93. The van der Waals surface area contributed by atoms with Crippen molar-refractivity contribution < 1.29 is 14.3 Å². The molecule has 206 valence electrons. The Kier molecular flexibility index (Phi) is 10.4. The molecule has 0 N–H and O–H groups in total. The Morgan fingerprint density at radius 2 is 1.73 bits per heavy atom. The molecule has 8 heteroatoms. The summed E-state index contributed by atoms with van der Waals surface area (Å²) in [6.07, 6.45) is 6.67. The van der Waals surface area contributed by atoms with Crippen molar-refractivity contribution in [2.45, 2.75) is 77.0 Å². The van der Waals surface area contributed by atoms with Crippen LogP contribution in [0.4, 0.5) is 5.69 Å². The lowest BCUT2D eigenvalue weighted by atomic mass is 9.69. The lowest BCUT2D eigenvalue weighted by Gasteiger charge is -2.57. The third-order valence-corrected chi connectivity index (χ3v) is 8.71. The van der Waals surface area contributed by atoms with Crippen molar-refractivity contribution in [3.63, 3.8) is 0 Å². The van der Waals surface area contributed by atoms with E-state index >= 15 is 0 Å². The lowest BCUT2D eigenvalue weighted by molar-refractivity contribution is -0.147. The number of esters is 1. The summed E-state index contributed by atoms with van der Waals surface area (Å²) < 4.78 is 5.37. The maximum absolute atomic E-state index is 14.0. The van der Waals surface area contributed by atoms with Gasteiger partial charge in [-0.3, -0.25) is 14.5 Å². The van der Waals surface area contributed by atoms with Gasteiger partial charge in [0, 0.05) is 61.1 Å². The van der Waals surface area contributed by atoms with E-state index in [1.165, 1.54) is 32.4 Å². The van der Waals surface area contributed by atoms with Gasteiger partial charge in [-0.25, -0.2) is 0 Å². The minimum Gasteiger partial charge on any atom is -0.463 e. The average Bonchev–Trinajstić information content (AvgIpc) is 2.89. The molecule has 1 aromatic rings. The highest BCUT2D eigenvalue weighted by Crippen LogP contribution is 2.43. The quantitative estimate of drug-likeness (QED) is 0.272. The number of alkyl halides is 2. The van der Waals surface area contributed by atoms with E-state index in [-0.39, 0.29) is 24.0 Å². The standard InChI is InChI=1S/C29H43Cl2N3O3/c1-21(2)37-27(35)9-3-8-26-25-7-5-17-33-16-4-6-23(28(25)33)20-34(26)29(36)22-10-12-24(13-11-22)32(18-14-30)19-15-31/h10-13,21,23,25-26,28H,3-9,14-20H2,1-2H3/t23-,25-,26+,28+/m1/s1. The predicted molar refractivity (Wildman–Crippen MR) is 151 cm³/mol. The van der Waals surface area contributed by atoms with E-state index < -0.39 is 0 Å². The smallest absolute Gasteiger partial charge is 0.306 e. The zero-order valence-corrected chi connectivity index (χ0v) is 23.9. The highest BCUT2D eigenvalue weighted by molar-refractivity contribution is 6.18. The van der Waals surface area contributed by atoms with Crippen molar-refractivity contribution in [2.75, 3.05) is 49.4 Å². The van der Waals surface area contributed by atoms with Crippen molar-refractivity contribution in [3.05, 3.63) is 29.8 Å². The monoisotopic (exact) mass is 551 g/mol.